The average Bonchev–Trinajstić information content (AvgIpc) is 3.02. The number of ether oxygens (including phenoxy) is 1. The van der Waals surface area contributed by atoms with Crippen LogP contribution in [-0.4, -0.2) is 29.3 Å². The second-order valence-corrected chi connectivity index (χ2v) is 16.3. The molecule has 11 nitrogen and oxygen atoms in total. The second-order valence-electron chi connectivity index (χ2n) is 12.8. The predicted octanol–water partition coefficient (Wildman–Crippen LogP) is 6.85. The van der Waals surface area contributed by atoms with E-state index < -0.39 is 31.3 Å². The van der Waals surface area contributed by atoms with Crippen LogP contribution in [0.5, 0.6) is 11.5 Å². The Balaban J connectivity index is 1.29. The van der Waals surface area contributed by atoms with Crippen LogP contribution in [0, 0.1) is 27.7 Å². The molecule has 0 unspecified atom stereocenters. The average molecular weight is 729 g/mol. The summed E-state index contributed by atoms with van der Waals surface area (Å²) in [4.78, 5) is 26.4. The molecule has 0 spiro atoms. The molecule has 264 valence electrons. The summed E-state index contributed by atoms with van der Waals surface area (Å²) in [5.74, 6) is 0.913. The predicted molar refractivity (Wildman–Crippen MR) is 199 cm³/mol. The Hall–Kier alpha value is -5.40. The lowest BCUT2D eigenvalue weighted by Crippen LogP contribution is -2.12. The van der Waals surface area contributed by atoms with Gasteiger partial charge < -0.3 is 13.6 Å². The maximum Gasteiger partial charge on any atom is 0.340 e. The zero-order chi connectivity index (χ0) is 36.8. The molecule has 0 saturated carbocycles. The molecule has 4 aromatic carbocycles. The van der Waals surface area contributed by atoms with Crippen LogP contribution in [0.4, 0.5) is 11.4 Å². The highest BCUT2D eigenvalue weighted by molar-refractivity contribution is 7.92. The zero-order valence-electron chi connectivity index (χ0n) is 28.8. The van der Waals surface area contributed by atoms with E-state index in [-0.39, 0.29) is 12.8 Å². The fourth-order valence-corrected chi connectivity index (χ4v) is 7.23. The van der Waals surface area contributed by atoms with Gasteiger partial charge in [0, 0.05) is 58.2 Å². The lowest BCUT2D eigenvalue weighted by Gasteiger charge is -2.15. The SMILES string of the molecule is Cc1cc2c(C)c(Cc3cccc(NS(C)(=O)=O)c3)c(=O)oc2cc1Oc1cc2oc(=O)c(Cc3cccc(NS(C)(=O)=O)c3)c(C)c2cc1C. The van der Waals surface area contributed by atoms with Crippen molar-refractivity contribution in [1.29, 1.82) is 0 Å². The van der Waals surface area contributed by atoms with Gasteiger partial charge in [0.2, 0.25) is 20.0 Å². The van der Waals surface area contributed by atoms with Crippen LogP contribution in [0.2, 0.25) is 0 Å². The molecule has 2 aromatic heterocycles. The highest BCUT2D eigenvalue weighted by Gasteiger charge is 2.18. The number of hydrogen-bond donors (Lipinski definition) is 2. The van der Waals surface area contributed by atoms with Crippen molar-refractivity contribution in [2.75, 3.05) is 22.0 Å². The summed E-state index contributed by atoms with van der Waals surface area (Å²) in [5.41, 5.74) is 5.93. The summed E-state index contributed by atoms with van der Waals surface area (Å²) in [6, 6.07) is 20.8. The number of anilines is 2. The van der Waals surface area contributed by atoms with Gasteiger partial charge in [-0.2, -0.15) is 0 Å². The van der Waals surface area contributed by atoms with E-state index in [1.165, 1.54) is 0 Å². The van der Waals surface area contributed by atoms with Crippen molar-refractivity contribution in [3.63, 3.8) is 0 Å². The van der Waals surface area contributed by atoms with E-state index in [9.17, 15) is 26.4 Å². The zero-order valence-corrected chi connectivity index (χ0v) is 30.5. The lowest BCUT2D eigenvalue weighted by molar-refractivity contribution is 0.470. The van der Waals surface area contributed by atoms with Crippen LogP contribution in [0.1, 0.15) is 44.5 Å². The summed E-state index contributed by atoms with van der Waals surface area (Å²) >= 11 is 0. The third-order valence-corrected chi connectivity index (χ3v) is 9.82. The molecule has 0 aliphatic carbocycles. The van der Waals surface area contributed by atoms with Crippen molar-refractivity contribution >= 4 is 53.4 Å². The monoisotopic (exact) mass is 728 g/mol. The molecule has 2 heterocycles. The van der Waals surface area contributed by atoms with E-state index >= 15 is 0 Å². The van der Waals surface area contributed by atoms with Crippen LogP contribution >= 0.6 is 0 Å². The first-order chi connectivity index (χ1) is 23.9. The maximum absolute atomic E-state index is 13.2. The molecule has 0 fully saturated rings. The minimum absolute atomic E-state index is 0.246. The van der Waals surface area contributed by atoms with Crippen LogP contribution in [0.3, 0.4) is 0 Å². The van der Waals surface area contributed by atoms with Gasteiger partial charge >= 0.3 is 11.3 Å². The first kappa shape index (κ1) is 35.4. The molecule has 0 aliphatic heterocycles. The molecular weight excluding hydrogens is 693 g/mol. The smallest absolute Gasteiger partial charge is 0.340 e. The molecule has 0 saturated heterocycles. The Labute approximate surface area is 295 Å². The third-order valence-electron chi connectivity index (χ3n) is 8.61. The number of benzene rings is 4. The van der Waals surface area contributed by atoms with Gasteiger partial charge in [-0.05, 0) is 97.5 Å². The van der Waals surface area contributed by atoms with E-state index in [0.29, 0.717) is 45.2 Å². The normalized spacial score (nSPS) is 12.0. The molecular formula is C38H36N2O9S2. The minimum Gasteiger partial charge on any atom is -0.457 e. The summed E-state index contributed by atoms with van der Waals surface area (Å²) in [7, 11) is -6.91. The molecule has 51 heavy (non-hydrogen) atoms. The number of sulfonamides is 2. The summed E-state index contributed by atoms with van der Waals surface area (Å²) in [5, 5.41) is 1.48. The lowest BCUT2D eigenvalue weighted by atomic mass is 9.98. The van der Waals surface area contributed by atoms with E-state index in [1.807, 2.05) is 52.0 Å². The Morgan fingerprint density at radius 1 is 0.588 bits per heavy atom. The fraction of sp³-hybridized carbons (Fsp3) is 0.211. The van der Waals surface area contributed by atoms with Crippen LogP contribution < -0.4 is 25.4 Å². The molecule has 0 radical (unpaired) electrons. The Kier molecular flexibility index (Phi) is 9.29. The van der Waals surface area contributed by atoms with Gasteiger partial charge in [-0.25, -0.2) is 26.4 Å². The van der Waals surface area contributed by atoms with Crippen molar-refractivity contribution in [3.8, 4) is 11.5 Å². The molecule has 0 bridgehead atoms. The summed E-state index contributed by atoms with van der Waals surface area (Å²) < 4.78 is 69.6. The third kappa shape index (κ3) is 8.00. The highest BCUT2D eigenvalue weighted by Crippen LogP contribution is 2.35. The number of fused-ring (bicyclic) bond motifs is 2. The van der Waals surface area contributed by atoms with Crippen molar-refractivity contribution in [2.24, 2.45) is 0 Å². The Morgan fingerprint density at radius 2 is 0.980 bits per heavy atom. The summed E-state index contributed by atoms with van der Waals surface area (Å²) in [6.45, 7) is 7.46. The van der Waals surface area contributed by atoms with Crippen molar-refractivity contribution in [3.05, 3.63) is 138 Å². The fourth-order valence-electron chi connectivity index (χ4n) is 6.12. The second kappa shape index (κ2) is 13.4. The van der Waals surface area contributed by atoms with E-state index in [4.69, 9.17) is 13.6 Å². The standard InChI is InChI=1S/C38H36N2O9S2/c1-21-13-29-23(3)31(17-25-9-7-11-27(15-25)39-50(5,43)44)37(41)48-35(29)19-33(21)47-34-20-36-30(14-22(34)2)24(4)32(38(42)49-36)18-26-10-8-12-28(16-26)40-51(6,45)46/h7-16,19-20,39-40H,17-18H2,1-6H3. The van der Waals surface area contributed by atoms with Gasteiger partial charge in [-0.3, -0.25) is 9.44 Å². The highest BCUT2D eigenvalue weighted by atomic mass is 32.2. The molecule has 6 rings (SSSR count). The van der Waals surface area contributed by atoms with Gasteiger partial charge in [0.15, 0.2) is 0 Å². The van der Waals surface area contributed by atoms with Crippen molar-refractivity contribution < 1.29 is 30.4 Å². The van der Waals surface area contributed by atoms with Crippen LogP contribution in [0.15, 0.2) is 91.2 Å². The number of rotatable bonds is 10. The molecule has 6 aromatic rings. The van der Waals surface area contributed by atoms with Gasteiger partial charge in [0.25, 0.3) is 0 Å². The number of aryl methyl sites for hydroxylation is 4. The summed E-state index contributed by atoms with van der Waals surface area (Å²) in [6.07, 6.45) is 2.64. The molecule has 13 heteroatoms. The molecule has 0 atom stereocenters. The number of nitrogens with one attached hydrogen (secondary N) is 2. The largest absolute Gasteiger partial charge is 0.457 e. The van der Waals surface area contributed by atoms with Gasteiger partial charge in [-0.15, -0.1) is 0 Å². The van der Waals surface area contributed by atoms with Crippen LogP contribution in [0.25, 0.3) is 21.9 Å². The minimum atomic E-state index is -3.46. The molecule has 0 aliphatic rings. The van der Waals surface area contributed by atoms with Gasteiger partial charge in [0.05, 0.1) is 12.5 Å². The maximum atomic E-state index is 13.2. The van der Waals surface area contributed by atoms with Gasteiger partial charge in [0.1, 0.15) is 22.7 Å². The first-order valence-corrected chi connectivity index (χ1v) is 19.7. The Bertz CT molecular complexity index is 2530. The van der Waals surface area contributed by atoms with E-state index in [0.717, 1.165) is 56.7 Å². The topological polar surface area (TPSA) is 162 Å². The van der Waals surface area contributed by atoms with E-state index in [1.54, 1.807) is 48.5 Å². The van der Waals surface area contributed by atoms with Crippen LogP contribution in [-0.2, 0) is 32.9 Å². The Morgan fingerprint density at radius 3 is 1.35 bits per heavy atom. The first-order valence-electron chi connectivity index (χ1n) is 15.9. The molecule has 2 N–H and O–H groups in total. The van der Waals surface area contributed by atoms with E-state index in [2.05, 4.69) is 9.44 Å². The quantitative estimate of drug-likeness (QED) is 0.144. The molecule has 0 amide bonds. The van der Waals surface area contributed by atoms with Crippen molar-refractivity contribution in [1.82, 2.24) is 0 Å². The number of hydrogen-bond acceptors (Lipinski definition) is 9. The van der Waals surface area contributed by atoms with Gasteiger partial charge in [-0.1, -0.05) is 24.3 Å². The van der Waals surface area contributed by atoms with Crippen molar-refractivity contribution in [2.45, 2.75) is 40.5 Å².